The van der Waals surface area contributed by atoms with Crippen molar-refractivity contribution in [2.24, 2.45) is 7.05 Å². The van der Waals surface area contributed by atoms with Gasteiger partial charge in [0, 0.05) is 60.3 Å². The molecule has 0 saturated carbocycles. The molecule has 9 heteroatoms. The Hall–Kier alpha value is -3.95. The third-order valence-corrected chi connectivity index (χ3v) is 7.26. The first kappa shape index (κ1) is 22.8. The van der Waals surface area contributed by atoms with E-state index in [1.807, 2.05) is 32.3 Å². The lowest BCUT2D eigenvalue weighted by Crippen LogP contribution is -2.25. The van der Waals surface area contributed by atoms with Gasteiger partial charge in [-0.25, -0.2) is 13.1 Å². The molecule has 0 aliphatic carbocycles. The molecule has 1 N–H and O–H groups in total. The second-order valence-electron chi connectivity index (χ2n) is 8.53. The SMILES string of the molecule is Cc1cnccc1CNS(=O)(=O)Cc1ccc2ccc3ncc(-c4cnn(C)c4)cc3c(=O)c2c1. The molecular weight excluding hydrogens is 462 g/mol. The minimum Gasteiger partial charge on any atom is -0.289 e. The average Bonchev–Trinajstić information content (AvgIpc) is 3.22. The van der Waals surface area contributed by atoms with E-state index in [0.717, 1.165) is 27.6 Å². The van der Waals surface area contributed by atoms with E-state index in [1.165, 1.54) is 0 Å². The van der Waals surface area contributed by atoms with Crippen molar-refractivity contribution in [3.8, 4) is 11.1 Å². The number of hydrogen-bond donors (Lipinski definition) is 1. The van der Waals surface area contributed by atoms with Crippen molar-refractivity contribution >= 4 is 31.7 Å². The number of rotatable bonds is 6. The highest BCUT2D eigenvalue weighted by Gasteiger charge is 2.14. The van der Waals surface area contributed by atoms with Gasteiger partial charge in [-0.15, -0.1) is 0 Å². The quantitative estimate of drug-likeness (QED) is 0.395. The van der Waals surface area contributed by atoms with Crippen molar-refractivity contribution in [1.82, 2.24) is 24.5 Å². The van der Waals surface area contributed by atoms with E-state index in [4.69, 9.17) is 0 Å². The van der Waals surface area contributed by atoms with Crippen molar-refractivity contribution in [3.05, 3.63) is 100 Å². The summed E-state index contributed by atoms with van der Waals surface area (Å²) < 4.78 is 29.8. The molecule has 3 aromatic heterocycles. The molecule has 0 amide bonds. The first-order chi connectivity index (χ1) is 16.8. The Balaban J connectivity index is 1.50. The first-order valence-corrected chi connectivity index (χ1v) is 12.7. The predicted octanol–water partition coefficient (Wildman–Crippen LogP) is 3.47. The van der Waals surface area contributed by atoms with Crippen LogP contribution in [0.15, 0.2) is 78.2 Å². The molecule has 35 heavy (non-hydrogen) atoms. The average molecular weight is 486 g/mol. The fraction of sp³-hybridized carbons (Fsp3) is 0.154. The molecule has 0 unspecified atom stereocenters. The summed E-state index contributed by atoms with van der Waals surface area (Å²) in [7, 11) is -1.80. The predicted molar refractivity (Wildman–Crippen MR) is 136 cm³/mol. The van der Waals surface area contributed by atoms with Crippen LogP contribution in [-0.2, 0) is 29.4 Å². The number of sulfonamides is 1. The van der Waals surface area contributed by atoms with Crippen LogP contribution in [0.4, 0.5) is 0 Å². The van der Waals surface area contributed by atoms with E-state index in [-0.39, 0.29) is 17.7 Å². The van der Waals surface area contributed by atoms with E-state index < -0.39 is 10.0 Å². The Kier molecular flexibility index (Phi) is 5.88. The minimum absolute atomic E-state index is 0.180. The topological polar surface area (TPSA) is 107 Å². The Morgan fingerprint density at radius 3 is 2.57 bits per heavy atom. The molecule has 8 nitrogen and oxygen atoms in total. The van der Waals surface area contributed by atoms with Crippen LogP contribution in [0.5, 0.6) is 0 Å². The molecule has 0 radical (unpaired) electrons. The number of nitrogens with zero attached hydrogens (tertiary/aromatic N) is 4. The standard InChI is InChI=1S/C26H23N5O3S/c1-17-11-27-8-7-20(17)14-30-35(33,34)16-18-3-4-19-5-6-25-24(26(32)23(19)9-18)10-21(12-28-25)22-13-29-31(2)15-22/h3-13,15,30H,14,16H2,1-2H3. The van der Waals surface area contributed by atoms with E-state index in [2.05, 4.69) is 19.8 Å². The van der Waals surface area contributed by atoms with Crippen LogP contribution in [0.2, 0.25) is 0 Å². The monoisotopic (exact) mass is 485 g/mol. The van der Waals surface area contributed by atoms with Crippen LogP contribution in [0.25, 0.3) is 32.8 Å². The maximum absolute atomic E-state index is 13.5. The van der Waals surface area contributed by atoms with Gasteiger partial charge in [-0.2, -0.15) is 5.10 Å². The second kappa shape index (κ2) is 9.01. The molecule has 0 fully saturated rings. The molecule has 0 saturated heterocycles. The summed E-state index contributed by atoms with van der Waals surface area (Å²) in [5.41, 5.74) is 4.33. The fourth-order valence-corrected chi connectivity index (χ4v) is 5.12. The van der Waals surface area contributed by atoms with Gasteiger partial charge >= 0.3 is 0 Å². The summed E-state index contributed by atoms with van der Waals surface area (Å²) in [6.45, 7) is 2.06. The van der Waals surface area contributed by atoms with E-state index in [9.17, 15) is 13.2 Å². The lowest BCUT2D eigenvalue weighted by atomic mass is 10.1. The first-order valence-electron chi connectivity index (χ1n) is 11.0. The molecule has 0 bridgehead atoms. The number of aromatic nitrogens is 4. The maximum atomic E-state index is 13.5. The lowest BCUT2D eigenvalue weighted by Gasteiger charge is -2.09. The normalized spacial score (nSPS) is 11.8. The van der Waals surface area contributed by atoms with Crippen LogP contribution in [0, 0.1) is 6.92 Å². The summed E-state index contributed by atoms with van der Waals surface area (Å²) in [4.78, 5) is 22.0. The largest absolute Gasteiger partial charge is 0.289 e. The molecule has 5 rings (SSSR count). The Morgan fingerprint density at radius 1 is 0.971 bits per heavy atom. The Labute approximate surface area is 202 Å². The number of aryl methyl sites for hydroxylation is 2. The smallest absolute Gasteiger partial charge is 0.216 e. The van der Waals surface area contributed by atoms with Crippen LogP contribution in [0.3, 0.4) is 0 Å². The minimum atomic E-state index is -3.62. The zero-order chi connectivity index (χ0) is 24.6. The van der Waals surface area contributed by atoms with Crippen molar-refractivity contribution in [1.29, 1.82) is 0 Å². The summed E-state index contributed by atoms with van der Waals surface area (Å²) in [6, 6.07) is 12.4. The van der Waals surface area contributed by atoms with Crippen molar-refractivity contribution in [2.45, 2.75) is 19.2 Å². The molecule has 5 aromatic rings. The number of benzene rings is 1. The zero-order valence-corrected chi connectivity index (χ0v) is 20.1. The van der Waals surface area contributed by atoms with Gasteiger partial charge < -0.3 is 0 Å². The summed E-state index contributed by atoms with van der Waals surface area (Å²) >= 11 is 0. The number of nitrogens with one attached hydrogen (secondary N) is 1. The maximum Gasteiger partial charge on any atom is 0.216 e. The molecule has 176 valence electrons. The number of fused-ring (bicyclic) bond motifs is 2. The van der Waals surface area contributed by atoms with Gasteiger partial charge in [0.15, 0.2) is 5.43 Å². The molecule has 0 atom stereocenters. The van der Waals surface area contributed by atoms with Crippen molar-refractivity contribution in [2.75, 3.05) is 0 Å². The van der Waals surface area contributed by atoms with E-state index in [0.29, 0.717) is 21.9 Å². The van der Waals surface area contributed by atoms with Gasteiger partial charge in [-0.1, -0.05) is 18.2 Å². The lowest BCUT2D eigenvalue weighted by molar-refractivity contribution is 0.580. The van der Waals surface area contributed by atoms with Crippen LogP contribution in [0.1, 0.15) is 16.7 Å². The van der Waals surface area contributed by atoms with Gasteiger partial charge in [-0.05, 0) is 53.3 Å². The van der Waals surface area contributed by atoms with E-state index >= 15 is 0 Å². The van der Waals surface area contributed by atoms with Crippen LogP contribution in [-0.4, -0.2) is 28.2 Å². The third kappa shape index (κ3) is 4.82. The second-order valence-corrected chi connectivity index (χ2v) is 10.3. The highest BCUT2D eigenvalue weighted by atomic mass is 32.2. The van der Waals surface area contributed by atoms with Gasteiger partial charge in [0.2, 0.25) is 10.0 Å². The summed E-state index contributed by atoms with van der Waals surface area (Å²) in [5.74, 6) is -0.234. The summed E-state index contributed by atoms with van der Waals surface area (Å²) in [6.07, 6.45) is 8.63. The van der Waals surface area contributed by atoms with E-state index in [1.54, 1.807) is 59.8 Å². The van der Waals surface area contributed by atoms with Crippen LogP contribution >= 0.6 is 0 Å². The third-order valence-electron chi connectivity index (χ3n) is 5.96. The van der Waals surface area contributed by atoms with Gasteiger partial charge in [0.1, 0.15) is 0 Å². The molecule has 2 aromatic carbocycles. The Morgan fingerprint density at radius 2 is 1.80 bits per heavy atom. The Bertz CT molecular complexity index is 1750. The van der Waals surface area contributed by atoms with Gasteiger partial charge in [0.05, 0.1) is 17.5 Å². The van der Waals surface area contributed by atoms with Gasteiger partial charge in [0.25, 0.3) is 0 Å². The molecule has 3 heterocycles. The number of hydrogen-bond acceptors (Lipinski definition) is 6. The highest BCUT2D eigenvalue weighted by molar-refractivity contribution is 7.88. The summed E-state index contributed by atoms with van der Waals surface area (Å²) in [5, 5.41) is 5.82. The fourth-order valence-electron chi connectivity index (χ4n) is 4.03. The van der Waals surface area contributed by atoms with Crippen LogP contribution < -0.4 is 10.2 Å². The highest BCUT2D eigenvalue weighted by Crippen LogP contribution is 2.22. The molecule has 0 aliphatic rings. The van der Waals surface area contributed by atoms with Crippen molar-refractivity contribution < 1.29 is 8.42 Å². The zero-order valence-electron chi connectivity index (χ0n) is 19.3. The molecule has 0 aliphatic heterocycles. The number of pyridine rings is 2. The van der Waals surface area contributed by atoms with Crippen molar-refractivity contribution in [3.63, 3.8) is 0 Å². The van der Waals surface area contributed by atoms with Gasteiger partial charge in [-0.3, -0.25) is 19.4 Å². The molecule has 0 spiro atoms. The molecular formula is C26H23N5O3S.